The lowest BCUT2D eigenvalue weighted by Crippen LogP contribution is -2.14. The van der Waals surface area contributed by atoms with Crippen molar-refractivity contribution < 1.29 is 4.79 Å². The van der Waals surface area contributed by atoms with Crippen molar-refractivity contribution in [3.05, 3.63) is 53.9 Å². The summed E-state index contributed by atoms with van der Waals surface area (Å²) < 4.78 is 0. The van der Waals surface area contributed by atoms with Gasteiger partial charge in [0.25, 0.3) is 5.91 Å². The van der Waals surface area contributed by atoms with Gasteiger partial charge in [-0.25, -0.2) is 0 Å². The molecule has 0 saturated carbocycles. The summed E-state index contributed by atoms with van der Waals surface area (Å²) in [5.74, 6) is 0.502. The van der Waals surface area contributed by atoms with Crippen LogP contribution in [0.2, 0.25) is 0 Å². The third-order valence-electron chi connectivity index (χ3n) is 3.44. The summed E-state index contributed by atoms with van der Waals surface area (Å²) in [4.78, 5) is 16.5. The van der Waals surface area contributed by atoms with Crippen molar-refractivity contribution in [2.75, 3.05) is 17.2 Å². The van der Waals surface area contributed by atoms with Gasteiger partial charge in [-0.3, -0.25) is 9.78 Å². The lowest BCUT2D eigenvalue weighted by atomic mass is 10.1. The van der Waals surface area contributed by atoms with E-state index in [4.69, 9.17) is 0 Å². The number of benzene rings is 1. The van der Waals surface area contributed by atoms with Gasteiger partial charge in [-0.05, 0) is 37.0 Å². The first kappa shape index (κ1) is 16.0. The highest BCUT2D eigenvalue weighted by Crippen LogP contribution is 2.16. The van der Waals surface area contributed by atoms with E-state index in [1.807, 2.05) is 37.3 Å². The molecule has 2 rings (SSSR count). The maximum absolute atomic E-state index is 12.3. The van der Waals surface area contributed by atoms with E-state index in [2.05, 4.69) is 29.5 Å². The summed E-state index contributed by atoms with van der Waals surface area (Å²) in [6.07, 6.45) is 4.41. The molecule has 22 heavy (non-hydrogen) atoms. The minimum Gasteiger partial charge on any atom is -0.384 e. The Hall–Kier alpha value is -2.36. The second kappa shape index (κ2) is 7.59. The van der Waals surface area contributed by atoms with Gasteiger partial charge in [-0.15, -0.1) is 0 Å². The standard InChI is InChI=1S/C18H23N3O/c1-13(2)8-9-20-16-10-15(11-19-12-16)18(22)21-17-7-5-4-6-14(17)3/h4-7,10-13,20H,8-9H2,1-3H3,(H,21,22). The number of hydrogen-bond acceptors (Lipinski definition) is 3. The summed E-state index contributed by atoms with van der Waals surface area (Å²) >= 11 is 0. The van der Waals surface area contributed by atoms with Crippen LogP contribution in [0.4, 0.5) is 11.4 Å². The monoisotopic (exact) mass is 297 g/mol. The number of amides is 1. The van der Waals surface area contributed by atoms with Crippen molar-refractivity contribution in [3.8, 4) is 0 Å². The second-order valence-corrected chi connectivity index (χ2v) is 5.84. The maximum Gasteiger partial charge on any atom is 0.257 e. The van der Waals surface area contributed by atoms with Crippen LogP contribution >= 0.6 is 0 Å². The first-order valence-corrected chi connectivity index (χ1v) is 7.62. The predicted molar refractivity (Wildman–Crippen MR) is 91.3 cm³/mol. The largest absolute Gasteiger partial charge is 0.384 e. The molecular weight excluding hydrogens is 274 g/mol. The first-order chi connectivity index (χ1) is 10.6. The van der Waals surface area contributed by atoms with Gasteiger partial charge in [0, 0.05) is 24.6 Å². The molecule has 0 atom stereocenters. The van der Waals surface area contributed by atoms with E-state index in [0.717, 1.165) is 29.9 Å². The molecule has 0 radical (unpaired) electrons. The summed E-state index contributed by atoms with van der Waals surface area (Å²) in [5.41, 5.74) is 3.29. The molecule has 4 heteroatoms. The molecule has 116 valence electrons. The summed E-state index contributed by atoms with van der Waals surface area (Å²) in [7, 11) is 0. The lowest BCUT2D eigenvalue weighted by molar-refractivity contribution is 0.102. The summed E-state index contributed by atoms with van der Waals surface area (Å²) in [6.45, 7) is 7.22. The maximum atomic E-state index is 12.3. The van der Waals surface area contributed by atoms with Crippen LogP contribution in [0.5, 0.6) is 0 Å². The highest BCUT2D eigenvalue weighted by atomic mass is 16.1. The minimum absolute atomic E-state index is 0.144. The van der Waals surface area contributed by atoms with Crippen molar-refractivity contribution in [2.24, 2.45) is 5.92 Å². The number of carbonyl (C=O) groups is 1. The van der Waals surface area contributed by atoms with Crippen LogP contribution in [0.1, 0.15) is 36.2 Å². The van der Waals surface area contributed by atoms with Gasteiger partial charge >= 0.3 is 0 Å². The van der Waals surface area contributed by atoms with Crippen LogP contribution in [0.3, 0.4) is 0 Å². The third-order valence-corrected chi connectivity index (χ3v) is 3.44. The lowest BCUT2D eigenvalue weighted by Gasteiger charge is -2.10. The van der Waals surface area contributed by atoms with Crippen molar-refractivity contribution in [2.45, 2.75) is 27.2 Å². The van der Waals surface area contributed by atoms with Gasteiger partial charge < -0.3 is 10.6 Å². The van der Waals surface area contributed by atoms with Crippen molar-refractivity contribution in [1.29, 1.82) is 0 Å². The van der Waals surface area contributed by atoms with E-state index in [9.17, 15) is 4.79 Å². The minimum atomic E-state index is -0.144. The Morgan fingerprint density at radius 3 is 2.73 bits per heavy atom. The fraction of sp³-hybridized carbons (Fsp3) is 0.333. The van der Waals surface area contributed by atoms with E-state index < -0.39 is 0 Å². The fourth-order valence-corrected chi connectivity index (χ4v) is 2.07. The smallest absolute Gasteiger partial charge is 0.257 e. The highest BCUT2D eigenvalue weighted by molar-refractivity contribution is 6.04. The summed E-state index contributed by atoms with van der Waals surface area (Å²) in [6, 6.07) is 9.56. The van der Waals surface area contributed by atoms with Crippen LogP contribution in [0.25, 0.3) is 0 Å². The quantitative estimate of drug-likeness (QED) is 0.844. The van der Waals surface area contributed by atoms with Crippen LogP contribution < -0.4 is 10.6 Å². The normalized spacial score (nSPS) is 10.5. The van der Waals surface area contributed by atoms with Gasteiger partial charge in [0.15, 0.2) is 0 Å². The molecule has 0 aliphatic carbocycles. The van der Waals surface area contributed by atoms with Gasteiger partial charge in [0.1, 0.15) is 0 Å². The molecule has 0 aliphatic heterocycles. The van der Waals surface area contributed by atoms with Crippen molar-refractivity contribution in [3.63, 3.8) is 0 Å². The number of nitrogens with one attached hydrogen (secondary N) is 2. The van der Waals surface area contributed by atoms with Gasteiger partial charge in [-0.2, -0.15) is 0 Å². The summed E-state index contributed by atoms with van der Waals surface area (Å²) in [5, 5.41) is 6.23. The van der Waals surface area contributed by atoms with Gasteiger partial charge in [0.05, 0.1) is 11.3 Å². The van der Waals surface area contributed by atoms with E-state index in [1.165, 1.54) is 0 Å². The van der Waals surface area contributed by atoms with Crippen LogP contribution in [-0.4, -0.2) is 17.4 Å². The SMILES string of the molecule is Cc1ccccc1NC(=O)c1cncc(NCCC(C)C)c1. The molecule has 1 aromatic heterocycles. The van der Waals surface area contributed by atoms with E-state index >= 15 is 0 Å². The average molecular weight is 297 g/mol. The Morgan fingerprint density at radius 2 is 2.00 bits per heavy atom. The van der Waals surface area contributed by atoms with Crippen LogP contribution in [0, 0.1) is 12.8 Å². The molecule has 0 saturated heterocycles. The van der Waals surface area contributed by atoms with Gasteiger partial charge in [-0.1, -0.05) is 32.0 Å². The number of para-hydroxylation sites is 1. The Morgan fingerprint density at radius 1 is 1.23 bits per heavy atom. The zero-order valence-electron chi connectivity index (χ0n) is 13.4. The Bertz CT molecular complexity index is 638. The highest BCUT2D eigenvalue weighted by Gasteiger charge is 2.08. The van der Waals surface area contributed by atoms with Crippen molar-refractivity contribution in [1.82, 2.24) is 4.98 Å². The topological polar surface area (TPSA) is 54.0 Å². The molecule has 2 aromatic rings. The predicted octanol–water partition coefficient (Wildman–Crippen LogP) is 4.10. The number of hydrogen-bond donors (Lipinski definition) is 2. The molecule has 1 amide bonds. The molecule has 1 heterocycles. The number of pyridine rings is 1. The number of nitrogens with zero attached hydrogens (tertiary/aromatic N) is 1. The van der Waals surface area contributed by atoms with E-state index in [-0.39, 0.29) is 5.91 Å². The average Bonchev–Trinajstić information content (AvgIpc) is 2.49. The number of aromatic nitrogens is 1. The van der Waals surface area contributed by atoms with E-state index in [0.29, 0.717) is 11.5 Å². The Labute approximate surface area is 132 Å². The molecule has 0 bridgehead atoms. The fourth-order valence-electron chi connectivity index (χ4n) is 2.07. The number of carbonyl (C=O) groups excluding carboxylic acids is 1. The molecule has 0 fully saturated rings. The zero-order chi connectivity index (χ0) is 15.9. The molecule has 0 aliphatic rings. The van der Waals surface area contributed by atoms with E-state index in [1.54, 1.807) is 12.4 Å². The van der Waals surface area contributed by atoms with Crippen molar-refractivity contribution >= 4 is 17.3 Å². The molecule has 4 nitrogen and oxygen atoms in total. The molecular formula is C18H23N3O. The third kappa shape index (κ3) is 4.58. The van der Waals surface area contributed by atoms with Crippen LogP contribution in [0.15, 0.2) is 42.7 Å². The number of aryl methyl sites for hydroxylation is 1. The molecule has 0 spiro atoms. The van der Waals surface area contributed by atoms with Crippen LogP contribution in [-0.2, 0) is 0 Å². The van der Waals surface area contributed by atoms with Gasteiger partial charge in [0.2, 0.25) is 0 Å². The molecule has 2 N–H and O–H groups in total. The number of rotatable bonds is 6. The molecule has 1 aromatic carbocycles. The second-order valence-electron chi connectivity index (χ2n) is 5.84. The zero-order valence-corrected chi connectivity index (χ0v) is 13.4. The first-order valence-electron chi connectivity index (χ1n) is 7.62. The Kier molecular flexibility index (Phi) is 5.53. The Balaban J connectivity index is 2.02. The number of anilines is 2. The molecule has 0 unspecified atom stereocenters.